The van der Waals surface area contributed by atoms with Gasteiger partial charge in [-0.15, -0.1) is 21.5 Å². The van der Waals surface area contributed by atoms with E-state index in [1.165, 1.54) is 11.3 Å². The summed E-state index contributed by atoms with van der Waals surface area (Å²) < 4.78 is 6.17. The lowest BCUT2D eigenvalue weighted by Crippen LogP contribution is -2.19. The molecule has 1 unspecified atom stereocenters. The molecule has 5 nitrogen and oxygen atoms in total. The number of hydrogen-bond acceptors (Lipinski definition) is 6. The maximum Gasteiger partial charge on any atom is 0.205 e. The lowest BCUT2D eigenvalue weighted by Gasteiger charge is -2.24. The summed E-state index contributed by atoms with van der Waals surface area (Å²) in [6, 6.07) is 32.3. The molecule has 34 heavy (non-hydrogen) atoms. The maximum absolute atomic E-state index is 9.93. The summed E-state index contributed by atoms with van der Waals surface area (Å²) in [7, 11) is 0. The SMILES string of the molecule is N#CC1=C(N)Oc2c(sc3nnc(-c4ccccc4)c(-c4ccccc4)c23)C1c1ccccc1. The van der Waals surface area contributed by atoms with E-state index in [4.69, 9.17) is 10.5 Å². The highest BCUT2D eigenvalue weighted by molar-refractivity contribution is 7.19. The number of thiophene rings is 1. The predicted molar refractivity (Wildman–Crippen MR) is 134 cm³/mol. The molecule has 0 saturated carbocycles. The Bertz CT molecular complexity index is 1590. The van der Waals surface area contributed by atoms with Crippen LogP contribution < -0.4 is 10.5 Å². The molecule has 0 fully saturated rings. The Morgan fingerprint density at radius 3 is 2.09 bits per heavy atom. The highest BCUT2D eigenvalue weighted by Gasteiger charge is 2.35. The van der Waals surface area contributed by atoms with Crippen LogP contribution in [0.4, 0.5) is 0 Å². The number of fused-ring (bicyclic) bond motifs is 3. The number of nitrogens with two attached hydrogens (primary N) is 1. The van der Waals surface area contributed by atoms with Gasteiger partial charge in [0.2, 0.25) is 5.88 Å². The van der Waals surface area contributed by atoms with Crippen molar-refractivity contribution < 1.29 is 4.74 Å². The fraction of sp³-hybridized carbons (Fsp3) is 0.0357. The monoisotopic (exact) mass is 458 g/mol. The van der Waals surface area contributed by atoms with Crippen LogP contribution in [0.5, 0.6) is 5.75 Å². The molecule has 0 bridgehead atoms. The number of nitriles is 1. The molecule has 3 heterocycles. The average Bonchev–Trinajstić information content (AvgIpc) is 3.26. The predicted octanol–water partition coefficient (Wildman–Crippen LogP) is 6.24. The van der Waals surface area contributed by atoms with Crippen LogP contribution >= 0.6 is 11.3 Å². The van der Waals surface area contributed by atoms with Crippen LogP contribution in [0.15, 0.2) is 102 Å². The van der Waals surface area contributed by atoms with Crippen LogP contribution in [0.25, 0.3) is 32.6 Å². The first-order valence-corrected chi connectivity index (χ1v) is 11.6. The zero-order chi connectivity index (χ0) is 23.1. The first-order valence-electron chi connectivity index (χ1n) is 10.8. The van der Waals surface area contributed by atoms with Crippen molar-refractivity contribution in [2.24, 2.45) is 5.73 Å². The smallest absolute Gasteiger partial charge is 0.205 e. The summed E-state index contributed by atoms with van der Waals surface area (Å²) in [6.07, 6.45) is 0. The quantitative estimate of drug-likeness (QED) is 0.346. The summed E-state index contributed by atoms with van der Waals surface area (Å²) >= 11 is 1.50. The van der Waals surface area contributed by atoms with Gasteiger partial charge in [0.25, 0.3) is 0 Å². The standard InChI is InChI=1S/C28H18N4OS/c29-16-20-21(17-10-4-1-5-11-17)26-25(33-27(20)30)23-22(18-12-6-2-7-13-18)24(31-32-28(23)34-26)19-14-8-3-9-15-19/h1-15,21H,30H2. The van der Waals surface area contributed by atoms with Crippen molar-refractivity contribution in [3.63, 3.8) is 0 Å². The van der Waals surface area contributed by atoms with Gasteiger partial charge >= 0.3 is 0 Å². The number of nitrogens with zero attached hydrogens (tertiary/aromatic N) is 3. The van der Waals surface area contributed by atoms with Crippen molar-refractivity contribution in [2.75, 3.05) is 0 Å². The van der Waals surface area contributed by atoms with Gasteiger partial charge in [-0.3, -0.25) is 0 Å². The molecular formula is C28H18N4OS. The molecule has 0 spiro atoms. The van der Waals surface area contributed by atoms with Crippen molar-refractivity contribution in [1.29, 1.82) is 5.26 Å². The molecule has 6 rings (SSSR count). The summed E-state index contributed by atoms with van der Waals surface area (Å²) in [5.74, 6) is 0.454. The summed E-state index contributed by atoms with van der Waals surface area (Å²) in [5.41, 5.74) is 11.4. The summed E-state index contributed by atoms with van der Waals surface area (Å²) in [4.78, 5) is 1.65. The van der Waals surface area contributed by atoms with Crippen LogP contribution in [0.3, 0.4) is 0 Å². The van der Waals surface area contributed by atoms with E-state index in [0.29, 0.717) is 11.3 Å². The van der Waals surface area contributed by atoms with Crippen molar-refractivity contribution in [3.8, 4) is 34.2 Å². The second kappa shape index (κ2) is 8.14. The van der Waals surface area contributed by atoms with Gasteiger partial charge in [-0.05, 0) is 11.1 Å². The van der Waals surface area contributed by atoms with Crippen molar-refractivity contribution in [1.82, 2.24) is 10.2 Å². The Labute approximate surface area is 200 Å². The fourth-order valence-corrected chi connectivity index (χ4v) is 5.67. The molecule has 2 N–H and O–H groups in total. The third kappa shape index (κ3) is 3.14. The number of allylic oxidation sites excluding steroid dienone is 1. The molecule has 0 radical (unpaired) electrons. The minimum Gasteiger partial charge on any atom is -0.439 e. The molecular weight excluding hydrogens is 440 g/mol. The highest BCUT2D eigenvalue weighted by Crippen LogP contribution is 2.53. The van der Waals surface area contributed by atoms with Gasteiger partial charge in [0.1, 0.15) is 17.3 Å². The Hall–Kier alpha value is -4.47. The summed E-state index contributed by atoms with van der Waals surface area (Å²) in [5, 5.41) is 20.0. The Balaban J connectivity index is 1.70. The van der Waals surface area contributed by atoms with Gasteiger partial charge in [-0.2, -0.15) is 5.26 Å². The van der Waals surface area contributed by atoms with Crippen molar-refractivity contribution in [3.05, 3.63) is 113 Å². The second-order valence-electron chi connectivity index (χ2n) is 7.97. The fourth-order valence-electron chi connectivity index (χ4n) is 4.47. The van der Waals surface area contributed by atoms with Crippen molar-refractivity contribution in [2.45, 2.75) is 5.92 Å². The van der Waals surface area contributed by atoms with Gasteiger partial charge in [0.05, 0.1) is 16.2 Å². The van der Waals surface area contributed by atoms with Crippen LogP contribution in [0, 0.1) is 11.3 Å². The maximum atomic E-state index is 9.93. The molecule has 0 aliphatic carbocycles. The summed E-state index contributed by atoms with van der Waals surface area (Å²) in [6.45, 7) is 0. The van der Waals surface area contributed by atoms with E-state index in [0.717, 1.165) is 43.0 Å². The van der Waals surface area contributed by atoms with Gasteiger partial charge in [0.15, 0.2) is 10.6 Å². The first-order chi connectivity index (χ1) is 16.8. The largest absolute Gasteiger partial charge is 0.439 e. The zero-order valence-electron chi connectivity index (χ0n) is 18.0. The third-order valence-electron chi connectivity index (χ3n) is 5.99. The zero-order valence-corrected chi connectivity index (χ0v) is 18.8. The van der Waals surface area contributed by atoms with E-state index in [-0.39, 0.29) is 11.8 Å². The third-order valence-corrected chi connectivity index (χ3v) is 7.11. The van der Waals surface area contributed by atoms with E-state index < -0.39 is 0 Å². The lowest BCUT2D eigenvalue weighted by molar-refractivity contribution is 0.401. The Morgan fingerprint density at radius 1 is 0.824 bits per heavy atom. The van der Waals surface area contributed by atoms with E-state index in [2.05, 4.69) is 28.4 Å². The van der Waals surface area contributed by atoms with Gasteiger partial charge in [-0.1, -0.05) is 91.0 Å². The first kappa shape index (κ1) is 20.2. The number of ether oxygens (including phenoxy) is 1. The topological polar surface area (TPSA) is 84.8 Å². The lowest BCUT2D eigenvalue weighted by atomic mass is 9.87. The van der Waals surface area contributed by atoms with Crippen LogP contribution in [-0.4, -0.2) is 10.2 Å². The van der Waals surface area contributed by atoms with Gasteiger partial charge in [-0.25, -0.2) is 0 Å². The molecule has 1 atom stereocenters. The molecule has 5 aromatic rings. The average molecular weight is 459 g/mol. The number of hydrogen-bond donors (Lipinski definition) is 1. The second-order valence-corrected chi connectivity index (χ2v) is 9.00. The molecule has 1 aliphatic heterocycles. The van der Waals surface area contributed by atoms with Gasteiger partial charge < -0.3 is 10.5 Å². The van der Waals surface area contributed by atoms with Crippen LogP contribution in [0.2, 0.25) is 0 Å². The Morgan fingerprint density at radius 2 is 1.44 bits per heavy atom. The molecule has 0 amide bonds. The minimum atomic E-state index is -0.321. The molecule has 3 aromatic carbocycles. The van der Waals surface area contributed by atoms with Crippen LogP contribution in [0.1, 0.15) is 16.4 Å². The van der Waals surface area contributed by atoms with Crippen LogP contribution in [-0.2, 0) is 0 Å². The van der Waals surface area contributed by atoms with E-state index in [1.54, 1.807) is 0 Å². The minimum absolute atomic E-state index is 0.126. The van der Waals surface area contributed by atoms with E-state index in [9.17, 15) is 5.26 Å². The Kier molecular flexibility index (Phi) is 4.83. The number of rotatable bonds is 3. The number of benzene rings is 3. The number of aromatic nitrogens is 2. The van der Waals surface area contributed by atoms with E-state index in [1.807, 2.05) is 78.9 Å². The molecule has 162 valence electrons. The van der Waals surface area contributed by atoms with Gasteiger partial charge in [0, 0.05) is 11.1 Å². The van der Waals surface area contributed by atoms with Crippen molar-refractivity contribution >= 4 is 21.6 Å². The highest BCUT2D eigenvalue weighted by atomic mass is 32.1. The van der Waals surface area contributed by atoms with E-state index >= 15 is 0 Å². The molecule has 0 saturated heterocycles. The normalized spacial score (nSPS) is 15.0. The molecule has 1 aliphatic rings. The molecule has 6 heteroatoms. The molecule has 2 aromatic heterocycles.